The molecule has 5 heteroatoms. The number of aryl methyl sites for hydroxylation is 1. The molecular weight excluding hydrogens is 279 g/mol. The molecule has 3 rings (SSSR count). The molecule has 2 saturated heterocycles. The smallest absolute Gasteiger partial charge is 0.156 e. The fourth-order valence-electron chi connectivity index (χ4n) is 3.61. The zero-order chi connectivity index (χ0) is 14.4. The summed E-state index contributed by atoms with van der Waals surface area (Å²) in [4.78, 5) is 0. The fraction of sp³-hybridized carbons (Fsp3) is 0.600. The van der Waals surface area contributed by atoms with E-state index in [-0.39, 0.29) is 5.82 Å². The van der Waals surface area contributed by atoms with Crippen LogP contribution in [0.25, 0.3) is 0 Å². The first-order valence-corrected chi connectivity index (χ1v) is 8.70. The van der Waals surface area contributed by atoms with Crippen LogP contribution in [0.5, 0.6) is 0 Å². The number of hydrogen-bond donors (Lipinski definition) is 1. The maximum Gasteiger partial charge on any atom is 0.156 e. The van der Waals surface area contributed by atoms with Gasteiger partial charge in [0.2, 0.25) is 0 Å². The van der Waals surface area contributed by atoms with E-state index < -0.39 is 25.9 Å². The standard InChI is InChI=1S/C15H19FO3S/c16-14-4-2-1-3-11(14)7-8-15(17)9-12-5-6-13(10-15)20(12,18)19/h1-4,12-13,17H,5-10H2. The summed E-state index contributed by atoms with van der Waals surface area (Å²) in [5.41, 5.74) is -0.374. The SMILES string of the molecule is O=S1(=O)C2CCC1CC(O)(CCc1ccccc1F)C2. The molecule has 1 aromatic rings. The average molecular weight is 298 g/mol. The second-order valence-corrected chi connectivity index (χ2v) is 8.65. The molecule has 110 valence electrons. The summed E-state index contributed by atoms with van der Waals surface area (Å²) in [7, 11) is -3.03. The third-order valence-electron chi connectivity index (χ3n) is 4.77. The molecule has 0 radical (unpaired) electrons. The highest BCUT2D eigenvalue weighted by Gasteiger charge is 2.52. The van der Waals surface area contributed by atoms with Crippen molar-refractivity contribution in [1.29, 1.82) is 0 Å². The summed E-state index contributed by atoms with van der Waals surface area (Å²) in [6.45, 7) is 0. The molecule has 20 heavy (non-hydrogen) atoms. The molecule has 2 aliphatic heterocycles. The quantitative estimate of drug-likeness (QED) is 0.931. The third-order valence-corrected chi connectivity index (χ3v) is 7.44. The van der Waals surface area contributed by atoms with Crippen molar-refractivity contribution in [2.75, 3.05) is 0 Å². The van der Waals surface area contributed by atoms with Crippen LogP contribution in [0, 0.1) is 5.82 Å². The van der Waals surface area contributed by atoms with Crippen molar-refractivity contribution >= 4 is 9.84 Å². The molecule has 3 nitrogen and oxygen atoms in total. The summed E-state index contributed by atoms with van der Waals surface area (Å²) in [6, 6.07) is 6.54. The van der Waals surface area contributed by atoms with Gasteiger partial charge in [0, 0.05) is 0 Å². The maximum atomic E-state index is 13.6. The first-order valence-electron chi connectivity index (χ1n) is 7.09. The van der Waals surface area contributed by atoms with Gasteiger partial charge in [0.1, 0.15) is 5.82 Å². The molecule has 2 unspecified atom stereocenters. The summed E-state index contributed by atoms with van der Waals surface area (Å²) in [6.07, 6.45) is 2.81. The molecule has 1 N–H and O–H groups in total. The minimum Gasteiger partial charge on any atom is -0.390 e. The molecule has 2 atom stereocenters. The molecule has 2 bridgehead atoms. The Kier molecular flexibility index (Phi) is 3.37. The first kappa shape index (κ1) is 14.0. The third kappa shape index (κ3) is 2.37. The summed E-state index contributed by atoms with van der Waals surface area (Å²) in [5, 5.41) is 9.86. The van der Waals surface area contributed by atoms with Crippen molar-refractivity contribution in [3.63, 3.8) is 0 Å². The van der Waals surface area contributed by atoms with Crippen LogP contribution in [-0.2, 0) is 16.3 Å². The van der Waals surface area contributed by atoms with Crippen molar-refractivity contribution in [1.82, 2.24) is 0 Å². The van der Waals surface area contributed by atoms with Gasteiger partial charge in [-0.2, -0.15) is 0 Å². The minimum atomic E-state index is -3.03. The van der Waals surface area contributed by atoms with Crippen molar-refractivity contribution < 1.29 is 17.9 Å². The van der Waals surface area contributed by atoms with Crippen LogP contribution in [0.2, 0.25) is 0 Å². The van der Waals surface area contributed by atoms with Gasteiger partial charge in [-0.25, -0.2) is 12.8 Å². The van der Waals surface area contributed by atoms with Crippen LogP contribution in [0.1, 0.15) is 37.7 Å². The number of benzene rings is 1. The van der Waals surface area contributed by atoms with Crippen LogP contribution in [0.15, 0.2) is 24.3 Å². The van der Waals surface area contributed by atoms with Gasteiger partial charge >= 0.3 is 0 Å². The zero-order valence-corrected chi connectivity index (χ0v) is 12.1. The summed E-state index contributed by atoms with van der Waals surface area (Å²) < 4.78 is 37.6. The number of halogens is 1. The van der Waals surface area contributed by atoms with Gasteiger partial charge in [-0.1, -0.05) is 18.2 Å². The summed E-state index contributed by atoms with van der Waals surface area (Å²) >= 11 is 0. The van der Waals surface area contributed by atoms with Gasteiger partial charge in [-0.3, -0.25) is 0 Å². The van der Waals surface area contributed by atoms with E-state index >= 15 is 0 Å². The molecule has 0 saturated carbocycles. The van der Waals surface area contributed by atoms with Crippen LogP contribution in [0.4, 0.5) is 4.39 Å². The Bertz CT molecular complexity index is 591. The van der Waals surface area contributed by atoms with E-state index in [1.165, 1.54) is 6.07 Å². The number of rotatable bonds is 3. The second kappa shape index (κ2) is 4.81. The van der Waals surface area contributed by atoms with Crippen LogP contribution < -0.4 is 0 Å². The molecule has 0 amide bonds. The van der Waals surface area contributed by atoms with E-state index in [0.29, 0.717) is 44.1 Å². The predicted molar refractivity (Wildman–Crippen MR) is 74.6 cm³/mol. The number of aliphatic hydroxyl groups is 1. The van der Waals surface area contributed by atoms with Crippen LogP contribution in [0.3, 0.4) is 0 Å². The molecular formula is C15H19FO3S. The van der Waals surface area contributed by atoms with Gasteiger partial charge in [-0.15, -0.1) is 0 Å². The molecule has 0 aromatic heterocycles. The van der Waals surface area contributed by atoms with E-state index in [0.717, 1.165) is 0 Å². The maximum absolute atomic E-state index is 13.6. The zero-order valence-electron chi connectivity index (χ0n) is 11.3. The number of sulfone groups is 1. The lowest BCUT2D eigenvalue weighted by Crippen LogP contribution is -2.45. The predicted octanol–water partition coefficient (Wildman–Crippen LogP) is 2.23. The Hall–Kier alpha value is -0.940. The van der Waals surface area contributed by atoms with Crippen molar-refractivity contribution in [2.45, 2.75) is 54.6 Å². The van der Waals surface area contributed by atoms with E-state index in [2.05, 4.69) is 0 Å². The Morgan fingerprint density at radius 3 is 2.40 bits per heavy atom. The van der Waals surface area contributed by atoms with E-state index in [9.17, 15) is 17.9 Å². The van der Waals surface area contributed by atoms with Crippen molar-refractivity contribution in [3.8, 4) is 0 Å². The highest BCUT2D eigenvalue weighted by Crippen LogP contribution is 2.44. The Balaban J connectivity index is 1.71. The minimum absolute atomic E-state index is 0.262. The topological polar surface area (TPSA) is 54.4 Å². The average Bonchev–Trinajstić information content (AvgIpc) is 2.58. The van der Waals surface area contributed by atoms with Gasteiger partial charge in [0.05, 0.1) is 16.1 Å². The Morgan fingerprint density at radius 2 is 1.80 bits per heavy atom. The molecule has 2 aliphatic rings. The monoisotopic (exact) mass is 298 g/mol. The van der Waals surface area contributed by atoms with Crippen LogP contribution >= 0.6 is 0 Å². The van der Waals surface area contributed by atoms with Gasteiger partial charge in [0.25, 0.3) is 0 Å². The largest absolute Gasteiger partial charge is 0.390 e. The van der Waals surface area contributed by atoms with E-state index in [1.54, 1.807) is 18.2 Å². The fourth-order valence-corrected chi connectivity index (χ4v) is 6.17. The lowest BCUT2D eigenvalue weighted by atomic mass is 9.87. The first-order chi connectivity index (χ1) is 9.41. The lowest BCUT2D eigenvalue weighted by molar-refractivity contribution is 0.0134. The number of hydrogen-bond acceptors (Lipinski definition) is 3. The van der Waals surface area contributed by atoms with Gasteiger partial charge in [-0.05, 0) is 50.2 Å². The van der Waals surface area contributed by atoms with Gasteiger partial charge < -0.3 is 5.11 Å². The highest BCUT2D eigenvalue weighted by atomic mass is 32.2. The van der Waals surface area contributed by atoms with E-state index in [4.69, 9.17) is 0 Å². The number of fused-ring (bicyclic) bond motifs is 2. The normalized spacial score (nSPS) is 35.1. The van der Waals surface area contributed by atoms with Crippen molar-refractivity contribution in [3.05, 3.63) is 35.6 Å². The highest BCUT2D eigenvalue weighted by molar-refractivity contribution is 7.93. The van der Waals surface area contributed by atoms with E-state index in [1.807, 2.05) is 0 Å². The lowest BCUT2D eigenvalue weighted by Gasteiger charge is -2.36. The molecule has 1 aromatic carbocycles. The van der Waals surface area contributed by atoms with Gasteiger partial charge in [0.15, 0.2) is 9.84 Å². The molecule has 2 heterocycles. The second-order valence-electron chi connectivity index (χ2n) is 6.13. The molecule has 0 spiro atoms. The molecule has 0 aliphatic carbocycles. The Labute approximate surface area is 118 Å². The Morgan fingerprint density at radius 1 is 1.20 bits per heavy atom. The molecule has 2 fully saturated rings. The summed E-state index contributed by atoms with van der Waals surface area (Å²) in [5.74, 6) is -0.262. The van der Waals surface area contributed by atoms with Crippen molar-refractivity contribution in [2.24, 2.45) is 0 Å². The van der Waals surface area contributed by atoms with Crippen LogP contribution in [-0.4, -0.2) is 29.6 Å².